The molecule has 0 aliphatic carbocycles. The molecule has 1 amide bonds. The number of nitrogens with zero attached hydrogens (tertiary/aromatic N) is 1. The molecular formula is C11H13N3O4S2. The van der Waals surface area contributed by atoms with Crippen LogP contribution in [0.5, 0.6) is 5.75 Å². The molecule has 1 aromatic carbocycles. The number of amides is 1. The number of amidine groups is 1. The summed E-state index contributed by atoms with van der Waals surface area (Å²) in [5, 5.41) is 8.17. The van der Waals surface area contributed by atoms with Crippen LogP contribution in [0.25, 0.3) is 0 Å². The third-order valence-electron chi connectivity index (χ3n) is 2.55. The number of rotatable bonds is 3. The van der Waals surface area contributed by atoms with Gasteiger partial charge in [0.05, 0.1) is 24.1 Å². The molecule has 1 aromatic rings. The number of carbonyl (C=O) groups is 1. The van der Waals surface area contributed by atoms with Crippen molar-refractivity contribution >= 4 is 32.9 Å². The highest BCUT2D eigenvalue weighted by Crippen LogP contribution is 2.22. The third kappa shape index (κ3) is 3.30. The van der Waals surface area contributed by atoms with Gasteiger partial charge in [-0.3, -0.25) is 9.79 Å². The van der Waals surface area contributed by atoms with E-state index in [1.165, 1.54) is 37.1 Å². The third-order valence-corrected chi connectivity index (χ3v) is 4.35. The molecule has 108 valence electrons. The zero-order valence-electron chi connectivity index (χ0n) is 10.6. The van der Waals surface area contributed by atoms with Crippen LogP contribution in [0.2, 0.25) is 0 Å². The lowest BCUT2D eigenvalue weighted by Crippen LogP contribution is -2.28. The van der Waals surface area contributed by atoms with Crippen LogP contribution in [-0.4, -0.2) is 38.9 Å². The van der Waals surface area contributed by atoms with Crippen molar-refractivity contribution in [3.8, 4) is 5.75 Å². The molecule has 0 saturated heterocycles. The number of thioether (sulfide) groups is 1. The molecule has 1 aliphatic heterocycles. The van der Waals surface area contributed by atoms with Crippen LogP contribution in [0.3, 0.4) is 0 Å². The SMILES string of the molecule is COc1ccc(S(N)(=O)=O)cc1C(=O)NC1=NCCS1. The average molecular weight is 315 g/mol. The van der Waals surface area contributed by atoms with Gasteiger partial charge in [-0.1, -0.05) is 11.8 Å². The smallest absolute Gasteiger partial charge is 0.261 e. The fourth-order valence-electron chi connectivity index (χ4n) is 1.62. The van der Waals surface area contributed by atoms with Crippen molar-refractivity contribution in [2.45, 2.75) is 4.90 Å². The first-order valence-corrected chi connectivity index (χ1v) is 8.14. The number of carbonyl (C=O) groups excluding carboxylic acids is 1. The maximum Gasteiger partial charge on any atom is 0.261 e. The summed E-state index contributed by atoms with van der Waals surface area (Å²) in [6.45, 7) is 0.647. The van der Waals surface area contributed by atoms with E-state index >= 15 is 0 Å². The number of hydrogen-bond donors (Lipinski definition) is 2. The number of hydrogen-bond acceptors (Lipinski definition) is 6. The van der Waals surface area contributed by atoms with Crippen LogP contribution < -0.4 is 15.2 Å². The van der Waals surface area contributed by atoms with Crippen molar-refractivity contribution in [1.29, 1.82) is 0 Å². The molecule has 2 rings (SSSR count). The first-order chi connectivity index (χ1) is 9.41. The number of methoxy groups -OCH3 is 1. The molecule has 0 fully saturated rings. The largest absolute Gasteiger partial charge is 0.496 e. The number of aliphatic imine (C=N–C) groups is 1. The molecule has 9 heteroatoms. The summed E-state index contributed by atoms with van der Waals surface area (Å²) in [5.41, 5.74) is 0.0919. The predicted octanol–water partition coefficient (Wildman–Crippen LogP) is 0.175. The summed E-state index contributed by atoms with van der Waals surface area (Å²) in [6, 6.07) is 3.86. The molecule has 0 bridgehead atoms. The molecule has 1 aliphatic rings. The van der Waals surface area contributed by atoms with Crippen molar-refractivity contribution < 1.29 is 17.9 Å². The lowest BCUT2D eigenvalue weighted by molar-refractivity contribution is 0.0975. The van der Waals surface area contributed by atoms with Crippen LogP contribution in [0.4, 0.5) is 0 Å². The average Bonchev–Trinajstić information content (AvgIpc) is 2.89. The number of nitrogens with two attached hydrogens (primary N) is 1. The van der Waals surface area contributed by atoms with E-state index in [0.29, 0.717) is 11.7 Å². The first-order valence-electron chi connectivity index (χ1n) is 5.61. The summed E-state index contributed by atoms with van der Waals surface area (Å²) < 4.78 is 27.7. The topological polar surface area (TPSA) is 111 Å². The van der Waals surface area contributed by atoms with E-state index in [-0.39, 0.29) is 16.2 Å². The monoisotopic (exact) mass is 315 g/mol. The fraction of sp³-hybridized carbons (Fsp3) is 0.273. The molecule has 1 heterocycles. The van der Waals surface area contributed by atoms with Gasteiger partial charge in [-0.15, -0.1) is 0 Å². The summed E-state index contributed by atoms with van der Waals surface area (Å²) in [5.74, 6) is 0.586. The number of sulfonamides is 1. The number of benzene rings is 1. The summed E-state index contributed by atoms with van der Waals surface area (Å²) in [4.78, 5) is 16.1. The second-order valence-corrected chi connectivity index (χ2v) is 6.54. The Balaban J connectivity index is 2.35. The van der Waals surface area contributed by atoms with Gasteiger partial charge in [0.25, 0.3) is 5.91 Å². The van der Waals surface area contributed by atoms with Crippen molar-refractivity contribution in [2.24, 2.45) is 10.1 Å². The van der Waals surface area contributed by atoms with Gasteiger partial charge in [-0.25, -0.2) is 13.6 Å². The number of primary sulfonamides is 1. The van der Waals surface area contributed by atoms with Crippen molar-refractivity contribution in [3.63, 3.8) is 0 Å². The molecule has 0 radical (unpaired) electrons. The molecule has 0 atom stereocenters. The minimum atomic E-state index is -3.88. The minimum absolute atomic E-state index is 0.0919. The maximum atomic E-state index is 12.1. The standard InChI is InChI=1S/C11H13N3O4S2/c1-18-9-3-2-7(20(12,16)17)6-8(9)10(15)14-11-13-4-5-19-11/h2-3,6H,4-5H2,1H3,(H2,12,16,17)(H,13,14,15). The molecule has 3 N–H and O–H groups in total. The van der Waals surface area contributed by atoms with Crippen LogP contribution in [0, 0.1) is 0 Å². The number of ether oxygens (including phenoxy) is 1. The van der Waals surface area contributed by atoms with Gasteiger partial charge in [0.1, 0.15) is 5.75 Å². The van der Waals surface area contributed by atoms with E-state index in [9.17, 15) is 13.2 Å². The molecule has 0 spiro atoms. The van der Waals surface area contributed by atoms with Crippen LogP contribution in [0.1, 0.15) is 10.4 Å². The second kappa shape index (κ2) is 5.81. The molecule has 20 heavy (non-hydrogen) atoms. The first kappa shape index (κ1) is 14.8. The lowest BCUT2D eigenvalue weighted by atomic mass is 10.2. The Labute approximate surface area is 120 Å². The van der Waals surface area contributed by atoms with Crippen molar-refractivity contribution in [3.05, 3.63) is 23.8 Å². The normalized spacial score (nSPS) is 14.8. The van der Waals surface area contributed by atoms with Gasteiger partial charge in [-0.05, 0) is 18.2 Å². The second-order valence-electron chi connectivity index (χ2n) is 3.90. The van der Waals surface area contributed by atoms with E-state index < -0.39 is 15.9 Å². The zero-order valence-corrected chi connectivity index (χ0v) is 12.3. The Bertz CT molecular complexity index is 670. The van der Waals surface area contributed by atoms with Gasteiger partial charge in [0.2, 0.25) is 10.0 Å². The highest BCUT2D eigenvalue weighted by molar-refractivity contribution is 8.14. The van der Waals surface area contributed by atoms with Crippen LogP contribution >= 0.6 is 11.8 Å². The van der Waals surface area contributed by atoms with Crippen LogP contribution in [-0.2, 0) is 10.0 Å². The van der Waals surface area contributed by atoms with Crippen molar-refractivity contribution in [2.75, 3.05) is 19.4 Å². The molecule has 0 unspecified atom stereocenters. The van der Waals surface area contributed by atoms with E-state index in [4.69, 9.17) is 9.88 Å². The quantitative estimate of drug-likeness (QED) is 0.826. The van der Waals surface area contributed by atoms with E-state index in [1.54, 1.807) is 0 Å². The highest BCUT2D eigenvalue weighted by atomic mass is 32.2. The van der Waals surface area contributed by atoms with Gasteiger partial charge >= 0.3 is 0 Å². The van der Waals surface area contributed by atoms with Crippen molar-refractivity contribution in [1.82, 2.24) is 5.32 Å². The maximum absolute atomic E-state index is 12.1. The number of nitrogens with one attached hydrogen (secondary N) is 1. The Morgan fingerprint density at radius 1 is 1.50 bits per heavy atom. The van der Waals surface area contributed by atoms with Gasteiger partial charge in [0.15, 0.2) is 5.17 Å². The molecule has 0 aromatic heterocycles. The Morgan fingerprint density at radius 3 is 2.80 bits per heavy atom. The van der Waals surface area contributed by atoms with E-state index in [0.717, 1.165) is 5.75 Å². The van der Waals surface area contributed by atoms with Crippen LogP contribution in [0.15, 0.2) is 28.1 Å². The van der Waals surface area contributed by atoms with Gasteiger partial charge in [-0.2, -0.15) is 0 Å². The Hall–Kier alpha value is -1.58. The van der Waals surface area contributed by atoms with Gasteiger partial charge < -0.3 is 10.1 Å². The van der Waals surface area contributed by atoms with E-state index in [2.05, 4.69) is 10.3 Å². The molecular weight excluding hydrogens is 302 g/mol. The summed E-state index contributed by atoms with van der Waals surface area (Å²) in [6.07, 6.45) is 0. The van der Waals surface area contributed by atoms with Gasteiger partial charge in [0, 0.05) is 5.75 Å². The predicted molar refractivity (Wildman–Crippen MR) is 76.6 cm³/mol. The highest BCUT2D eigenvalue weighted by Gasteiger charge is 2.19. The molecule has 7 nitrogen and oxygen atoms in total. The van der Waals surface area contributed by atoms with E-state index in [1.807, 2.05) is 0 Å². The Kier molecular flexibility index (Phi) is 4.31. The molecule has 0 saturated carbocycles. The summed E-state index contributed by atoms with van der Waals surface area (Å²) >= 11 is 1.42. The Morgan fingerprint density at radius 2 is 2.25 bits per heavy atom. The minimum Gasteiger partial charge on any atom is -0.496 e. The fourth-order valence-corrected chi connectivity index (χ4v) is 2.88. The summed E-state index contributed by atoms with van der Waals surface area (Å²) in [7, 11) is -2.49. The zero-order chi connectivity index (χ0) is 14.8. The lowest BCUT2D eigenvalue weighted by Gasteiger charge is -2.10.